The van der Waals surface area contributed by atoms with E-state index in [1.54, 1.807) is 6.92 Å². The maximum Gasteiger partial charge on any atom is 0.237 e. The third kappa shape index (κ3) is 4.77. The van der Waals surface area contributed by atoms with Crippen LogP contribution in [-0.2, 0) is 4.79 Å². The zero-order valence-electron chi connectivity index (χ0n) is 13.6. The van der Waals surface area contributed by atoms with Gasteiger partial charge in [0, 0.05) is 17.4 Å². The molecule has 1 aromatic heterocycles. The maximum atomic E-state index is 13.2. The Morgan fingerprint density at radius 1 is 1.08 bits per heavy atom. The van der Waals surface area contributed by atoms with Crippen molar-refractivity contribution in [3.05, 3.63) is 60.2 Å². The molecule has 1 atom stereocenters. The molecule has 5 nitrogen and oxygen atoms in total. The number of nitrogens with one attached hydrogen (secondary N) is 2. The van der Waals surface area contributed by atoms with E-state index >= 15 is 0 Å². The van der Waals surface area contributed by atoms with Crippen molar-refractivity contribution in [2.45, 2.75) is 16.5 Å². The number of hydrogen-bond acceptors (Lipinski definition) is 6. The summed E-state index contributed by atoms with van der Waals surface area (Å²) in [5.41, 5.74) is 1.09. The molecule has 0 saturated carbocycles. The van der Waals surface area contributed by atoms with Crippen LogP contribution in [0.25, 0.3) is 0 Å². The van der Waals surface area contributed by atoms with E-state index in [1.165, 1.54) is 29.2 Å². The number of aromatic nitrogens is 2. The number of para-hydroxylation sites is 1. The second-order valence-corrected chi connectivity index (χ2v) is 7.81. The molecule has 0 spiro atoms. The van der Waals surface area contributed by atoms with Gasteiger partial charge in [-0.2, -0.15) is 0 Å². The predicted molar refractivity (Wildman–Crippen MR) is 99.9 cm³/mol. The third-order valence-electron chi connectivity index (χ3n) is 3.27. The van der Waals surface area contributed by atoms with Gasteiger partial charge >= 0.3 is 0 Å². The average molecular weight is 392 g/mol. The van der Waals surface area contributed by atoms with Gasteiger partial charge in [-0.05, 0) is 31.2 Å². The summed E-state index contributed by atoms with van der Waals surface area (Å²) in [6.45, 7) is 1.70. The second kappa shape index (κ2) is 8.24. The van der Waals surface area contributed by atoms with Gasteiger partial charge in [0.25, 0.3) is 0 Å². The molecule has 0 radical (unpaired) electrons. The Bertz CT molecular complexity index is 905. The molecule has 1 heterocycles. The first-order chi connectivity index (χ1) is 12.5. The number of anilines is 3. The fourth-order valence-corrected chi connectivity index (χ4v) is 3.89. The highest BCUT2D eigenvalue weighted by Gasteiger charge is 2.18. The van der Waals surface area contributed by atoms with E-state index in [0.29, 0.717) is 9.47 Å². The van der Waals surface area contributed by atoms with Gasteiger partial charge in [0.2, 0.25) is 11.0 Å². The van der Waals surface area contributed by atoms with Gasteiger partial charge in [-0.15, -0.1) is 10.2 Å². The molecular weight excluding hydrogens is 378 g/mol. The summed E-state index contributed by atoms with van der Waals surface area (Å²) in [5, 5.41) is 13.9. The van der Waals surface area contributed by atoms with E-state index in [9.17, 15) is 13.6 Å². The normalized spacial score (nSPS) is 11.8. The maximum absolute atomic E-state index is 13.2. The Balaban J connectivity index is 1.58. The smallest absolute Gasteiger partial charge is 0.237 e. The van der Waals surface area contributed by atoms with Gasteiger partial charge in [0.15, 0.2) is 16.0 Å². The monoisotopic (exact) mass is 392 g/mol. The van der Waals surface area contributed by atoms with Crippen LogP contribution in [0.4, 0.5) is 25.3 Å². The summed E-state index contributed by atoms with van der Waals surface area (Å²) in [6, 6.07) is 12.8. The third-order valence-corrected chi connectivity index (χ3v) is 5.29. The van der Waals surface area contributed by atoms with Crippen molar-refractivity contribution < 1.29 is 13.6 Å². The predicted octanol–water partition coefficient (Wildman–Crippen LogP) is 4.68. The molecule has 0 aliphatic carbocycles. The zero-order chi connectivity index (χ0) is 18.5. The van der Waals surface area contributed by atoms with Gasteiger partial charge in [-0.3, -0.25) is 4.79 Å². The summed E-state index contributed by atoms with van der Waals surface area (Å²) in [7, 11) is 0. The second-order valence-electron chi connectivity index (χ2n) is 5.24. The van der Waals surface area contributed by atoms with Crippen molar-refractivity contribution in [2.24, 2.45) is 0 Å². The van der Waals surface area contributed by atoms with Crippen molar-refractivity contribution in [3.8, 4) is 0 Å². The van der Waals surface area contributed by atoms with Crippen molar-refractivity contribution in [1.82, 2.24) is 10.2 Å². The Kier molecular flexibility index (Phi) is 5.79. The van der Waals surface area contributed by atoms with E-state index in [1.807, 2.05) is 30.3 Å². The minimum atomic E-state index is -1.01. The lowest BCUT2D eigenvalue weighted by Gasteiger charge is -2.10. The van der Waals surface area contributed by atoms with Crippen LogP contribution in [0.3, 0.4) is 0 Å². The molecule has 2 N–H and O–H groups in total. The fourth-order valence-electron chi connectivity index (χ4n) is 1.98. The van der Waals surface area contributed by atoms with E-state index in [4.69, 9.17) is 0 Å². The van der Waals surface area contributed by atoms with Gasteiger partial charge < -0.3 is 10.6 Å². The molecular formula is C17H14F2N4OS2. The number of halogens is 2. The zero-order valence-corrected chi connectivity index (χ0v) is 15.2. The van der Waals surface area contributed by atoms with E-state index in [2.05, 4.69) is 20.8 Å². The standard InChI is InChI=1S/C17H14F2N4OS2/c1-10(15(24)20-12-7-8-13(18)14(19)9-12)25-17-23-22-16(26-17)21-11-5-3-2-4-6-11/h2-10H,1H3,(H,20,24)(H,21,22)/t10-/m1/s1. The molecule has 0 aliphatic heterocycles. The van der Waals surface area contributed by atoms with Crippen molar-refractivity contribution >= 4 is 45.5 Å². The lowest BCUT2D eigenvalue weighted by atomic mass is 10.3. The molecule has 0 bridgehead atoms. The minimum absolute atomic E-state index is 0.199. The number of amides is 1. The van der Waals surface area contributed by atoms with Crippen LogP contribution in [0.15, 0.2) is 52.9 Å². The molecule has 0 fully saturated rings. The van der Waals surface area contributed by atoms with E-state index in [0.717, 1.165) is 17.8 Å². The molecule has 2 aromatic carbocycles. The first kappa shape index (κ1) is 18.3. The van der Waals surface area contributed by atoms with Crippen molar-refractivity contribution in [1.29, 1.82) is 0 Å². The number of benzene rings is 2. The van der Waals surface area contributed by atoms with Gasteiger partial charge in [0.05, 0.1) is 5.25 Å². The van der Waals surface area contributed by atoms with Crippen LogP contribution in [0, 0.1) is 11.6 Å². The Morgan fingerprint density at radius 3 is 2.58 bits per heavy atom. The topological polar surface area (TPSA) is 66.9 Å². The lowest BCUT2D eigenvalue weighted by Crippen LogP contribution is -2.22. The molecule has 9 heteroatoms. The minimum Gasteiger partial charge on any atom is -0.330 e. The molecule has 1 amide bonds. The Hall–Kier alpha value is -2.52. The average Bonchev–Trinajstić information content (AvgIpc) is 3.06. The Morgan fingerprint density at radius 2 is 1.85 bits per heavy atom. The summed E-state index contributed by atoms with van der Waals surface area (Å²) in [5.74, 6) is -2.31. The highest BCUT2D eigenvalue weighted by Crippen LogP contribution is 2.30. The summed E-state index contributed by atoms with van der Waals surface area (Å²) in [6.07, 6.45) is 0. The molecule has 134 valence electrons. The highest BCUT2D eigenvalue weighted by molar-refractivity contribution is 8.02. The van der Waals surface area contributed by atoms with Crippen LogP contribution in [-0.4, -0.2) is 21.4 Å². The number of carbonyl (C=O) groups is 1. The number of rotatable bonds is 6. The lowest BCUT2D eigenvalue weighted by molar-refractivity contribution is -0.115. The van der Waals surface area contributed by atoms with Crippen LogP contribution in [0.2, 0.25) is 0 Å². The molecule has 0 saturated heterocycles. The van der Waals surface area contributed by atoms with E-state index in [-0.39, 0.29) is 11.6 Å². The van der Waals surface area contributed by atoms with Gasteiger partial charge in [0.1, 0.15) is 0 Å². The van der Waals surface area contributed by atoms with Crippen LogP contribution in [0.1, 0.15) is 6.92 Å². The number of hydrogen-bond donors (Lipinski definition) is 2. The van der Waals surface area contributed by atoms with Crippen molar-refractivity contribution in [3.63, 3.8) is 0 Å². The molecule has 0 aliphatic rings. The van der Waals surface area contributed by atoms with Gasteiger partial charge in [-0.1, -0.05) is 41.3 Å². The van der Waals surface area contributed by atoms with Gasteiger partial charge in [-0.25, -0.2) is 8.78 Å². The van der Waals surface area contributed by atoms with Crippen LogP contribution >= 0.6 is 23.1 Å². The summed E-state index contributed by atoms with van der Waals surface area (Å²) >= 11 is 2.56. The first-order valence-corrected chi connectivity index (χ1v) is 9.29. The largest absolute Gasteiger partial charge is 0.330 e. The molecule has 3 rings (SSSR count). The molecule has 26 heavy (non-hydrogen) atoms. The highest BCUT2D eigenvalue weighted by atomic mass is 32.2. The SMILES string of the molecule is C[C@@H](Sc1nnc(Nc2ccccc2)s1)C(=O)Nc1ccc(F)c(F)c1. The molecule has 3 aromatic rings. The summed E-state index contributed by atoms with van der Waals surface area (Å²) < 4.78 is 26.8. The fraction of sp³-hybridized carbons (Fsp3) is 0.118. The van der Waals surface area contributed by atoms with Crippen LogP contribution < -0.4 is 10.6 Å². The first-order valence-electron chi connectivity index (χ1n) is 7.59. The number of nitrogens with zero attached hydrogens (tertiary/aromatic N) is 2. The molecule has 0 unspecified atom stereocenters. The number of carbonyl (C=O) groups excluding carboxylic acids is 1. The van der Waals surface area contributed by atoms with E-state index < -0.39 is 16.9 Å². The summed E-state index contributed by atoms with van der Waals surface area (Å²) in [4.78, 5) is 12.2. The quantitative estimate of drug-likeness (QED) is 0.596. The van der Waals surface area contributed by atoms with Crippen molar-refractivity contribution in [2.75, 3.05) is 10.6 Å². The van der Waals surface area contributed by atoms with Crippen LogP contribution in [0.5, 0.6) is 0 Å². The number of thioether (sulfide) groups is 1. The Labute approximate surface area is 156 Å².